The SMILES string of the molecule is CC1=CC(=O)OC(c2cccn2C)(C(F)(F)F)N1. The minimum atomic E-state index is -4.77. The molecule has 0 saturated carbocycles. The van der Waals surface area contributed by atoms with E-state index in [9.17, 15) is 18.0 Å². The van der Waals surface area contributed by atoms with Gasteiger partial charge in [-0.15, -0.1) is 0 Å². The third-order valence-corrected chi connectivity index (χ3v) is 2.66. The van der Waals surface area contributed by atoms with Gasteiger partial charge < -0.3 is 14.6 Å². The van der Waals surface area contributed by atoms with Gasteiger partial charge in [0.2, 0.25) is 0 Å². The molecule has 4 nitrogen and oxygen atoms in total. The molecule has 1 unspecified atom stereocenters. The Balaban J connectivity index is 2.61. The van der Waals surface area contributed by atoms with E-state index in [1.54, 1.807) is 0 Å². The van der Waals surface area contributed by atoms with E-state index >= 15 is 0 Å². The molecule has 0 fully saturated rings. The molecule has 0 spiro atoms. The normalized spacial score (nSPS) is 24.3. The third kappa shape index (κ3) is 1.75. The van der Waals surface area contributed by atoms with Crippen LogP contribution in [-0.2, 0) is 22.3 Å². The van der Waals surface area contributed by atoms with Crippen molar-refractivity contribution in [2.24, 2.45) is 7.05 Å². The smallest absolute Gasteiger partial charge is 0.420 e. The molecule has 1 atom stereocenters. The Bertz CT molecular complexity index is 519. The van der Waals surface area contributed by atoms with Crippen molar-refractivity contribution < 1.29 is 22.7 Å². The molecule has 2 rings (SSSR count). The van der Waals surface area contributed by atoms with E-state index in [1.807, 2.05) is 0 Å². The first-order valence-electron chi connectivity index (χ1n) is 5.14. The first-order valence-corrected chi connectivity index (χ1v) is 5.14. The van der Waals surface area contributed by atoms with Crippen molar-refractivity contribution in [3.63, 3.8) is 0 Å². The van der Waals surface area contributed by atoms with Crippen LogP contribution >= 0.6 is 0 Å². The lowest BCUT2D eigenvalue weighted by atomic mass is 10.1. The molecule has 0 aliphatic carbocycles. The Morgan fingerprint density at radius 2 is 2.11 bits per heavy atom. The fraction of sp³-hybridized carbons (Fsp3) is 0.364. The Hall–Kier alpha value is -1.92. The minimum Gasteiger partial charge on any atom is -0.420 e. The average Bonchev–Trinajstić information content (AvgIpc) is 2.61. The third-order valence-electron chi connectivity index (χ3n) is 2.66. The summed E-state index contributed by atoms with van der Waals surface area (Å²) < 4.78 is 45.7. The van der Waals surface area contributed by atoms with Crippen molar-refractivity contribution in [2.45, 2.75) is 18.8 Å². The van der Waals surface area contributed by atoms with Gasteiger partial charge in [0.1, 0.15) is 0 Å². The zero-order chi connectivity index (χ0) is 13.6. The largest absolute Gasteiger partial charge is 0.455 e. The van der Waals surface area contributed by atoms with Crippen LogP contribution in [0, 0.1) is 0 Å². The van der Waals surface area contributed by atoms with Crippen LogP contribution in [-0.4, -0.2) is 16.7 Å². The van der Waals surface area contributed by atoms with Gasteiger partial charge in [0, 0.05) is 25.0 Å². The number of rotatable bonds is 1. The molecule has 1 aromatic heterocycles. The fourth-order valence-electron chi connectivity index (χ4n) is 1.91. The molecular formula is C11H11F3N2O2. The number of alkyl halides is 3. The standard InChI is InChI=1S/C11H11F3N2O2/c1-7-6-9(17)18-10(15-7,11(12,13)14)8-4-3-5-16(8)2/h3-6,15H,1-2H3. The van der Waals surface area contributed by atoms with Gasteiger partial charge >= 0.3 is 17.9 Å². The van der Waals surface area contributed by atoms with Gasteiger partial charge in [0.25, 0.3) is 0 Å². The molecule has 1 N–H and O–H groups in total. The number of aryl methyl sites for hydroxylation is 1. The number of hydrogen-bond acceptors (Lipinski definition) is 3. The Labute approximate surface area is 101 Å². The highest BCUT2D eigenvalue weighted by Crippen LogP contribution is 2.42. The summed E-state index contributed by atoms with van der Waals surface area (Å²) in [6, 6.07) is 2.71. The zero-order valence-electron chi connectivity index (χ0n) is 9.71. The lowest BCUT2D eigenvalue weighted by Crippen LogP contribution is -2.58. The van der Waals surface area contributed by atoms with Crippen molar-refractivity contribution in [3.05, 3.63) is 35.8 Å². The Kier molecular flexibility index (Phi) is 2.64. The lowest BCUT2D eigenvalue weighted by Gasteiger charge is -2.38. The van der Waals surface area contributed by atoms with Crippen molar-refractivity contribution >= 4 is 5.97 Å². The molecule has 0 radical (unpaired) electrons. The Morgan fingerprint density at radius 1 is 1.44 bits per heavy atom. The summed E-state index contributed by atoms with van der Waals surface area (Å²) >= 11 is 0. The summed E-state index contributed by atoms with van der Waals surface area (Å²) in [6.07, 6.45) is -2.34. The molecule has 0 aromatic carbocycles. The van der Waals surface area contributed by atoms with Crippen LogP contribution < -0.4 is 5.32 Å². The number of halogens is 3. The number of esters is 1. The second kappa shape index (κ2) is 3.79. The van der Waals surface area contributed by atoms with Crippen LogP contribution in [0.15, 0.2) is 30.1 Å². The van der Waals surface area contributed by atoms with Gasteiger partial charge in [-0.25, -0.2) is 4.79 Å². The number of nitrogens with zero attached hydrogens (tertiary/aromatic N) is 1. The number of carbonyl (C=O) groups is 1. The second-order valence-corrected chi connectivity index (χ2v) is 4.06. The van der Waals surface area contributed by atoms with Crippen LogP contribution in [0.25, 0.3) is 0 Å². The molecule has 1 aromatic rings. The monoisotopic (exact) mass is 260 g/mol. The maximum Gasteiger partial charge on any atom is 0.455 e. The van der Waals surface area contributed by atoms with E-state index in [4.69, 9.17) is 0 Å². The van der Waals surface area contributed by atoms with E-state index in [0.717, 1.165) is 6.08 Å². The van der Waals surface area contributed by atoms with E-state index in [1.165, 1.54) is 36.9 Å². The topological polar surface area (TPSA) is 43.3 Å². The number of cyclic esters (lactones) is 1. The number of nitrogens with one attached hydrogen (secondary N) is 1. The first-order chi connectivity index (χ1) is 8.26. The van der Waals surface area contributed by atoms with Gasteiger partial charge in [-0.3, -0.25) is 0 Å². The van der Waals surface area contributed by atoms with Gasteiger partial charge in [-0.2, -0.15) is 13.2 Å². The van der Waals surface area contributed by atoms with Crippen LogP contribution in [0.4, 0.5) is 13.2 Å². The molecule has 0 amide bonds. The summed E-state index contributed by atoms with van der Waals surface area (Å²) in [5, 5.41) is 2.22. The number of hydrogen-bond donors (Lipinski definition) is 1. The second-order valence-electron chi connectivity index (χ2n) is 4.06. The molecule has 18 heavy (non-hydrogen) atoms. The van der Waals surface area contributed by atoms with Crippen molar-refractivity contribution in [2.75, 3.05) is 0 Å². The molecule has 98 valence electrons. The Morgan fingerprint density at radius 3 is 2.56 bits per heavy atom. The highest BCUT2D eigenvalue weighted by atomic mass is 19.4. The summed E-state index contributed by atoms with van der Waals surface area (Å²) in [7, 11) is 1.45. The summed E-state index contributed by atoms with van der Waals surface area (Å²) in [5.74, 6) is -1.02. The lowest BCUT2D eigenvalue weighted by molar-refractivity contribution is -0.288. The predicted molar refractivity (Wildman–Crippen MR) is 56.1 cm³/mol. The quantitative estimate of drug-likeness (QED) is 0.783. The van der Waals surface area contributed by atoms with Gasteiger partial charge in [-0.1, -0.05) is 0 Å². The minimum absolute atomic E-state index is 0.102. The van der Waals surface area contributed by atoms with E-state index in [2.05, 4.69) is 10.1 Å². The fourth-order valence-corrected chi connectivity index (χ4v) is 1.91. The van der Waals surface area contributed by atoms with E-state index < -0.39 is 17.9 Å². The highest BCUT2D eigenvalue weighted by Gasteiger charge is 2.62. The zero-order valence-corrected chi connectivity index (χ0v) is 9.71. The summed E-state index contributed by atoms with van der Waals surface area (Å²) in [5.41, 5.74) is -2.91. The van der Waals surface area contributed by atoms with Crippen LogP contribution in [0.2, 0.25) is 0 Å². The number of allylic oxidation sites excluding steroid dienone is 1. The average molecular weight is 260 g/mol. The highest BCUT2D eigenvalue weighted by molar-refractivity contribution is 5.84. The molecule has 7 heteroatoms. The van der Waals surface area contributed by atoms with Crippen LogP contribution in [0.3, 0.4) is 0 Å². The maximum atomic E-state index is 13.3. The van der Waals surface area contributed by atoms with Crippen molar-refractivity contribution in [3.8, 4) is 0 Å². The molecule has 1 aliphatic heterocycles. The summed E-state index contributed by atoms with van der Waals surface area (Å²) in [4.78, 5) is 11.3. The predicted octanol–water partition coefficient (Wildman–Crippen LogP) is 1.79. The van der Waals surface area contributed by atoms with Crippen molar-refractivity contribution in [1.29, 1.82) is 0 Å². The molecule has 0 saturated heterocycles. The number of ether oxygens (including phenoxy) is 1. The molecular weight excluding hydrogens is 249 g/mol. The van der Waals surface area contributed by atoms with Crippen LogP contribution in [0.1, 0.15) is 12.6 Å². The van der Waals surface area contributed by atoms with E-state index in [-0.39, 0.29) is 11.4 Å². The molecule has 1 aliphatic rings. The maximum absolute atomic E-state index is 13.3. The van der Waals surface area contributed by atoms with Gasteiger partial charge in [0.15, 0.2) is 0 Å². The van der Waals surface area contributed by atoms with Gasteiger partial charge in [0.05, 0.1) is 5.69 Å². The first kappa shape index (κ1) is 12.5. The number of carbonyl (C=O) groups excluding carboxylic acids is 1. The van der Waals surface area contributed by atoms with Crippen LogP contribution in [0.5, 0.6) is 0 Å². The summed E-state index contributed by atoms with van der Waals surface area (Å²) in [6.45, 7) is 1.38. The van der Waals surface area contributed by atoms with Crippen molar-refractivity contribution in [1.82, 2.24) is 9.88 Å². The van der Waals surface area contributed by atoms with Gasteiger partial charge in [-0.05, 0) is 19.1 Å². The molecule has 2 heterocycles. The molecule has 0 bridgehead atoms. The number of aromatic nitrogens is 1. The van der Waals surface area contributed by atoms with E-state index in [0.29, 0.717) is 0 Å².